The van der Waals surface area contributed by atoms with Crippen LogP contribution in [0.4, 0.5) is 10.1 Å². The van der Waals surface area contributed by atoms with Crippen LogP contribution < -0.4 is 15.4 Å². The Bertz CT molecular complexity index is 1120. The maximum Gasteiger partial charge on any atom is 0.258 e. The van der Waals surface area contributed by atoms with Crippen molar-refractivity contribution in [3.63, 3.8) is 0 Å². The molecule has 32 heavy (non-hydrogen) atoms. The minimum absolute atomic E-state index is 0.0599. The number of sulfonamides is 1. The number of anilines is 1. The molecule has 3 aromatic rings. The summed E-state index contributed by atoms with van der Waals surface area (Å²) < 4.78 is 39.6. The zero-order valence-corrected chi connectivity index (χ0v) is 18.4. The van der Waals surface area contributed by atoms with Crippen LogP contribution in [0.3, 0.4) is 0 Å². The van der Waals surface area contributed by atoms with Crippen LogP contribution in [0.15, 0.2) is 78.0 Å². The van der Waals surface area contributed by atoms with E-state index in [9.17, 15) is 17.6 Å². The minimum Gasteiger partial charge on any atom is -0.382 e. The summed E-state index contributed by atoms with van der Waals surface area (Å²) in [7, 11) is -3.62. The Kier molecular flexibility index (Phi) is 7.91. The van der Waals surface area contributed by atoms with Crippen molar-refractivity contribution >= 4 is 21.6 Å². The van der Waals surface area contributed by atoms with E-state index in [-0.39, 0.29) is 23.5 Å². The number of carbonyl (C=O) groups is 1. The summed E-state index contributed by atoms with van der Waals surface area (Å²) in [4.78, 5) is 16.6. The van der Waals surface area contributed by atoms with Gasteiger partial charge in [-0.2, -0.15) is 0 Å². The highest BCUT2D eigenvalue weighted by Gasteiger charge is 2.16. The van der Waals surface area contributed by atoms with E-state index in [1.54, 1.807) is 13.0 Å². The molecule has 9 heteroatoms. The number of nitrogens with one attached hydrogen (secondary N) is 3. The number of hydrogen-bond donors (Lipinski definition) is 3. The summed E-state index contributed by atoms with van der Waals surface area (Å²) in [5, 5.41) is 6.10. The third kappa shape index (κ3) is 6.60. The van der Waals surface area contributed by atoms with Crippen LogP contribution in [-0.2, 0) is 16.4 Å². The molecule has 3 N–H and O–H groups in total. The Morgan fingerprint density at radius 3 is 2.38 bits per heavy atom. The van der Waals surface area contributed by atoms with Crippen LogP contribution >= 0.6 is 0 Å². The van der Waals surface area contributed by atoms with E-state index in [0.29, 0.717) is 24.2 Å². The Morgan fingerprint density at radius 2 is 1.75 bits per heavy atom. The van der Waals surface area contributed by atoms with Gasteiger partial charge in [-0.1, -0.05) is 37.3 Å². The number of benzene rings is 2. The quantitative estimate of drug-likeness (QED) is 0.436. The molecule has 1 amide bonds. The molecule has 7 nitrogen and oxygen atoms in total. The molecule has 1 heterocycles. The number of halogens is 1. The Hall–Kier alpha value is -3.30. The molecule has 0 unspecified atom stereocenters. The minimum atomic E-state index is -3.62. The van der Waals surface area contributed by atoms with Crippen LogP contribution in [0.5, 0.6) is 0 Å². The van der Waals surface area contributed by atoms with Gasteiger partial charge < -0.3 is 10.6 Å². The molecule has 0 fully saturated rings. The molecule has 168 valence electrons. The third-order valence-electron chi connectivity index (χ3n) is 4.67. The van der Waals surface area contributed by atoms with E-state index in [0.717, 1.165) is 5.56 Å². The van der Waals surface area contributed by atoms with Gasteiger partial charge in [0.2, 0.25) is 0 Å². The molecule has 0 saturated heterocycles. The smallest absolute Gasteiger partial charge is 0.258 e. The number of pyridine rings is 1. The number of nitrogens with zero attached hydrogens (tertiary/aromatic N) is 1. The van der Waals surface area contributed by atoms with Gasteiger partial charge in [0.05, 0.1) is 17.9 Å². The van der Waals surface area contributed by atoms with Crippen molar-refractivity contribution < 1.29 is 17.6 Å². The predicted molar refractivity (Wildman–Crippen MR) is 121 cm³/mol. The van der Waals surface area contributed by atoms with Gasteiger partial charge in [0, 0.05) is 18.7 Å². The molecule has 3 rings (SSSR count). The first-order valence-electron chi connectivity index (χ1n) is 10.2. The van der Waals surface area contributed by atoms with Gasteiger partial charge in [0.25, 0.3) is 15.9 Å². The highest BCUT2D eigenvalue weighted by Crippen LogP contribution is 2.12. The maximum absolute atomic E-state index is 13.2. The molecule has 0 radical (unpaired) electrons. The number of carbonyl (C=O) groups excluding carboxylic acids is 1. The van der Waals surface area contributed by atoms with Crippen molar-refractivity contribution in [2.75, 3.05) is 18.4 Å². The first kappa shape index (κ1) is 23.4. The highest BCUT2D eigenvalue weighted by atomic mass is 32.2. The maximum atomic E-state index is 13.2. The summed E-state index contributed by atoms with van der Waals surface area (Å²) in [5.74, 6) is -0.714. The number of rotatable bonds is 10. The second-order valence-corrected chi connectivity index (χ2v) is 8.85. The topological polar surface area (TPSA) is 100 Å². The SMILES string of the molecule is CCNS(=O)(=O)c1ccc(NC[C@H](Cc2ccccc2)NC(=O)c2ccc(F)cc2)cn1. The molecule has 0 spiro atoms. The average molecular weight is 457 g/mol. The zero-order valence-electron chi connectivity index (χ0n) is 17.6. The second-order valence-electron chi connectivity index (χ2n) is 7.13. The molecule has 0 aliphatic rings. The van der Waals surface area contributed by atoms with Gasteiger partial charge in [0.15, 0.2) is 5.03 Å². The molecule has 0 saturated carbocycles. The molecule has 1 atom stereocenters. The lowest BCUT2D eigenvalue weighted by atomic mass is 10.0. The van der Waals surface area contributed by atoms with Crippen molar-refractivity contribution in [2.24, 2.45) is 0 Å². The van der Waals surface area contributed by atoms with Crippen LogP contribution in [0.25, 0.3) is 0 Å². The van der Waals surface area contributed by atoms with Crippen molar-refractivity contribution in [3.05, 3.63) is 89.9 Å². The highest BCUT2D eigenvalue weighted by molar-refractivity contribution is 7.89. The third-order valence-corrected chi connectivity index (χ3v) is 6.13. The van der Waals surface area contributed by atoms with Crippen LogP contribution in [0.1, 0.15) is 22.8 Å². The van der Waals surface area contributed by atoms with E-state index in [1.807, 2.05) is 30.3 Å². The van der Waals surface area contributed by atoms with Crippen LogP contribution in [0.2, 0.25) is 0 Å². The lowest BCUT2D eigenvalue weighted by molar-refractivity contribution is 0.0939. The van der Waals surface area contributed by atoms with Gasteiger partial charge in [-0.05, 0) is 48.4 Å². The summed E-state index contributed by atoms with van der Waals surface area (Å²) in [6.45, 7) is 2.35. The van der Waals surface area contributed by atoms with Crippen LogP contribution in [0, 0.1) is 5.82 Å². The van der Waals surface area contributed by atoms with Gasteiger partial charge in [-0.15, -0.1) is 0 Å². The fraction of sp³-hybridized carbons (Fsp3) is 0.217. The molecule has 1 aromatic heterocycles. The summed E-state index contributed by atoms with van der Waals surface area (Å²) in [5.41, 5.74) is 2.03. The van der Waals surface area contributed by atoms with Crippen LogP contribution in [-0.4, -0.2) is 38.4 Å². The van der Waals surface area contributed by atoms with Gasteiger partial charge in [-0.25, -0.2) is 22.5 Å². The first-order chi connectivity index (χ1) is 15.4. The number of aromatic nitrogens is 1. The van der Waals surface area contributed by atoms with Gasteiger partial charge in [0.1, 0.15) is 5.82 Å². The summed E-state index contributed by atoms with van der Waals surface area (Å²) in [6, 6.07) is 17.8. The first-order valence-corrected chi connectivity index (χ1v) is 11.7. The number of amides is 1. The van der Waals surface area contributed by atoms with E-state index < -0.39 is 15.8 Å². The van der Waals surface area contributed by atoms with E-state index in [2.05, 4.69) is 20.3 Å². The Balaban J connectivity index is 1.69. The standard InChI is InChI=1S/C23H25FN4O3S/c1-2-27-32(30,31)22-13-12-20(15-26-22)25-16-21(14-17-6-4-3-5-7-17)28-23(29)18-8-10-19(24)11-9-18/h3-13,15,21,25,27H,2,14,16H2,1H3,(H,28,29)/t21-/m0/s1. The summed E-state index contributed by atoms with van der Waals surface area (Å²) >= 11 is 0. The molecular weight excluding hydrogens is 431 g/mol. The molecule has 0 aliphatic carbocycles. The van der Waals surface area contributed by atoms with Crippen molar-refractivity contribution in [3.8, 4) is 0 Å². The Morgan fingerprint density at radius 1 is 1.03 bits per heavy atom. The number of hydrogen-bond acceptors (Lipinski definition) is 5. The largest absolute Gasteiger partial charge is 0.382 e. The lowest BCUT2D eigenvalue weighted by Gasteiger charge is -2.20. The van der Waals surface area contributed by atoms with Gasteiger partial charge in [-0.3, -0.25) is 4.79 Å². The molecule has 0 bridgehead atoms. The molecule has 0 aliphatic heterocycles. The normalized spacial score (nSPS) is 12.2. The fourth-order valence-electron chi connectivity index (χ4n) is 3.09. The Labute approximate surface area is 187 Å². The zero-order chi connectivity index (χ0) is 23.0. The van der Waals surface area contributed by atoms with Crippen molar-refractivity contribution in [1.29, 1.82) is 0 Å². The van der Waals surface area contributed by atoms with E-state index in [1.165, 1.54) is 36.5 Å². The second kappa shape index (κ2) is 10.8. The fourth-order valence-corrected chi connectivity index (χ4v) is 4.06. The van der Waals surface area contributed by atoms with Gasteiger partial charge >= 0.3 is 0 Å². The predicted octanol–water partition coefficient (Wildman–Crippen LogP) is 2.97. The monoisotopic (exact) mass is 456 g/mol. The molecular formula is C23H25FN4O3S. The van der Waals surface area contributed by atoms with Crippen molar-refractivity contribution in [1.82, 2.24) is 15.0 Å². The van der Waals surface area contributed by atoms with Crippen molar-refractivity contribution in [2.45, 2.75) is 24.4 Å². The average Bonchev–Trinajstić information content (AvgIpc) is 2.79. The molecule has 2 aromatic carbocycles. The van der Waals surface area contributed by atoms with E-state index >= 15 is 0 Å². The summed E-state index contributed by atoms with van der Waals surface area (Å²) in [6.07, 6.45) is 2.01. The lowest BCUT2D eigenvalue weighted by Crippen LogP contribution is -2.41. The van der Waals surface area contributed by atoms with E-state index in [4.69, 9.17) is 0 Å².